The van der Waals surface area contributed by atoms with Crippen molar-refractivity contribution in [3.05, 3.63) is 23.8 Å². The topological polar surface area (TPSA) is 70.0 Å². The summed E-state index contributed by atoms with van der Waals surface area (Å²) in [7, 11) is 0. The maximum Gasteiger partial charge on any atom is 0.219 e. The fourth-order valence-electron chi connectivity index (χ4n) is 4.43. The lowest BCUT2D eigenvalue weighted by Crippen LogP contribution is -2.55. The molecule has 132 valence electrons. The second kappa shape index (κ2) is 6.63. The zero-order chi connectivity index (χ0) is 17.3. The van der Waals surface area contributed by atoms with Crippen molar-refractivity contribution in [1.82, 2.24) is 4.90 Å². The predicted octanol–water partition coefficient (Wildman–Crippen LogP) is 3.01. The number of phenols is 1. The predicted molar refractivity (Wildman–Crippen MR) is 90.9 cm³/mol. The SMILES string of the molecule is CCOc1cc(C2C3CCCCC3(O)CCN2C(C)=O)ccc1O. The van der Waals surface area contributed by atoms with Crippen LogP contribution in [0.4, 0.5) is 0 Å². The molecule has 1 saturated heterocycles. The summed E-state index contributed by atoms with van der Waals surface area (Å²) in [5, 5.41) is 21.1. The summed E-state index contributed by atoms with van der Waals surface area (Å²) >= 11 is 0. The van der Waals surface area contributed by atoms with Crippen LogP contribution in [0.2, 0.25) is 0 Å². The minimum Gasteiger partial charge on any atom is -0.504 e. The highest BCUT2D eigenvalue weighted by Crippen LogP contribution is 2.50. The zero-order valence-corrected chi connectivity index (χ0v) is 14.5. The Morgan fingerprint density at radius 1 is 1.38 bits per heavy atom. The first-order valence-electron chi connectivity index (χ1n) is 8.91. The second-order valence-corrected chi connectivity index (χ2v) is 7.02. The van der Waals surface area contributed by atoms with Gasteiger partial charge in [-0.1, -0.05) is 18.9 Å². The third-order valence-electron chi connectivity index (χ3n) is 5.60. The van der Waals surface area contributed by atoms with Crippen LogP contribution in [0.15, 0.2) is 18.2 Å². The fourth-order valence-corrected chi connectivity index (χ4v) is 4.43. The van der Waals surface area contributed by atoms with Gasteiger partial charge in [-0.2, -0.15) is 0 Å². The first-order valence-corrected chi connectivity index (χ1v) is 8.91. The summed E-state index contributed by atoms with van der Waals surface area (Å²) < 4.78 is 5.51. The summed E-state index contributed by atoms with van der Waals surface area (Å²) in [5.74, 6) is 0.592. The molecule has 1 aromatic carbocycles. The van der Waals surface area contributed by atoms with Gasteiger partial charge < -0.3 is 19.8 Å². The highest BCUT2D eigenvalue weighted by molar-refractivity contribution is 5.74. The Labute approximate surface area is 143 Å². The molecule has 2 aliphatic rings. The van der Waals surface area contributed by atoms with Gasteiger partial charge in [0.2, 0.25) is 5.91 Å². The number of ether oxygens (including phenoxy) is 1. The molecule has 3 rings (SSSR count). The third-order valence-corrected chi connectivity index (χ3v) is 5.60. The Balaban J connectivity index is 2.02. The van der Waals surface area contributed by atoms with E-state index in [0.29, 0.717) is 25.3 Å². The minimum atomic E-state index is -0.696. The standard InChI is InChI=1S/C19H27NO4/c1-3-24-17-12-14(7-8-16(17)22)18-15-6-4-5-9-19(15,23)10-11-20(18)13(2)21/h7-8,12,15,18,22-23H,3-6,9-11H2,1-2H3. The van der Waals surface area contributed by atoms with Gasteiger partial charge in [0.25, 0.3) is 0 Å². The molecule has 1 heterocycles. The fraction of sp³-hybridized carbons (Fsp3) is 0.632. The number of likely N-dealkylation sites (tertiary alicyclic amines) is 1. The van der Waals surface area contributed by atoms with Crippen LogP contribution >= 0.6 is 0 Å². The van der Waals surface area contributed by atoms with E-state index < -0.39 is 5.60 Å². The molecule has 0 aromatic heterocycles. The monoisotopic (exact) mass is 333 g/mol. The highest BCUT2D eigenvalue weighted by Gasteiger charge is 2.49. The van der Waals surface area contributed by atoms with E-state index >= 15 is 0 Å². The Morgan fingerprint density at radius 3 is 2.88 bits per heavy atom. The molecule has 0 bridgehead atoms. The number of amides is 1. The lowest BCUT2D eigenvalue weighted by molar-refractivity contribution is -0.153. The van der Waals surface area contributed by atoms with Crippen LogP contribution in [0.5, 0.6) is 11.5 Å². The molecule has 3 unspecified atom stereocenters. The van der Waals surface area contributed by atoms with Crippen molar-refractivity contribution in [2.24, 2.45) is 5.92 Å². The second-order valence-electron chi connectivity index (χ2n) is 7.02. The number of carbonyl (C=O) groups is 1. The van der Waals surface area contributed by atoms with Crippen molar-refractivity contribution in [3.8, 4) is 11.5 Å². The van der Waals surface area contributed by atoms with Crippen LogP contribution < -0.4 is 4.74 Å². The number of hydrogen-bond donors (Lipinski definition) is 2. The van der Waals surface area contributed by atoms with Crippen LogP contribution in [0.1, 0.15) is 57.6 Å². The van der Waals surface area contributed by atoms with Crippen LogP contribution in [0.25, 0.3) is 0 Å². The van der Waals surface area contributed by atoms with Crippen LogP contribution in [-0.4, -0.2) is 39.8 Å². The number of aliphatic hydroxyl groups is 1. The first kappa shape index (κ1) is 17.1. The summed E-state index contributed by atoms with van der Waals surface area (Å²) in [4.78, 5) is 14.1. The summed E-state index contributed by atoms with van der Waals surface area (Å²) in [5.41, 5.74) is 0.231. The van der Waals surface area contributed by atoms with Crippen molar-refractivity contribution in [3.63, 3.8) is 0 Å². The minimum absolute atomic E-state index is 0.0265. The van der Waals surface area contributed by atoms with Crippen molar-refractivity contribution in [2.75, 3.05) is 13.2 Å². The largest absolute Gasteiger partial charge is 0.504 e. The molecule has 1 aliphatic carbocycles. The Morgan fingerprint density at radius 2 is 2.17 bits per heavy atom. The van der Waals surface area contributed by atoms with Crippen LogP contribution in [0.3, 0.4) is 0 Å². The Bertz CT molecular complexity index is 617. The van der Waals surface area contributed by atoms with Crippen molar-refractivity contribution in [1.29, 1.82) is 0 Å². The number of aromatic hydroxyl groups is 1. The number of piperidine rings is 1. The number of fused-ring (bicyclic) bond motifs is 1. The molecule has 1 saturated carbocycles. The van der Waals surface area contributed by atoms with Gasteiger partial charge >= 0.3 is 0 Å². The molecule has 5 heteroatoms. The highest BCUT2D eigenvalue weighted by atomic mass is 16.5. The van der Waals surface area contributed by atoms with Crippen molar-refractivity contribution < 1.29 is 19.7 Å². The third kappa shape index (κ3) is 2.97. The number of phenolic OH excluding ortho intramolecular Hbond substituents is 1. The number of benzene rings is 1. The number of nitrogens with zero attached hydrogens (tertiary/aromatic N) is 1. The summed E-state index contributed by atoms with van der Waals surface area (Å²) in [6.07, 6.45) is 4.47. The molecular formula is C19H27NO4. The smallest absolute Gasteiger partial charge is 0.219 e. The average Bonchev–Trinajstić information content (AvgIpc) is 2.55. The van der Waals surface area contributed by atoms with E-state index in [0.717, 1.165) is 31.2 Å². The molecular weight excluding hydrogens is 306 g/mol. The molecule has 1 amide bonds. The zero-order valence-electron chi connectivity index (χ0n) is 14.5. The maximum atomic E-state index is 12.2. The lowest BCUT2D eigenvalue weighted by Gasteiger charge is -2.52. The molecule has 24 heavy (non-hydrogen) atoms. The van der Waals surface area contributed by atoms with Crippen molar-refractivity contribution in [2.45, 2.75) is 57.6 Å². The van der Waals surface area contributed by atoms with Crippen LogP contribution in [-0.2, 0) is 4.79 Å². The molecule has 3 atom stereocenters. The van der Waals surface area contributed by atoms with E-state index in [9.17, 15) is 15.0 Å². The molecule has 2 N–H and O–H groups in total. The summed E-state index contributed by atoms with van der Waals surface area (Å²) in [6, 6.07) is 5.12. The molecule has 0 radical (unpaired) electrons. The average molecular weight is 333 g/mol. The molecule has 1 aliphatic heterocycles. The van der Waals surface area contributed by atoms with Gasteiger partial charge in [0.1, 0.15) is 0 Å². The van der Waals surface area contributed by atoms with E-state index in [1.807, 2.05) is 24.0 Å². The number of rotatable bonds is 3. The van der Waals surface area contributed by atoms with Gasteiger partial charge in [-0.15, -0.1) is 0 Å². The quantitative estimate of drug-likeness (QED) is 0.892. The molecule has 2 fully saturated rings. The van der Waals surface area contributed by atoms with E-state index in [1.54, 1.807) is 13.0 Å². The van der Waals surface area contributed by atoms with E-state index in [1.165, 1.54) is 0 Å². The van der Waals surface area contributed by atoms with E-state index in [4.69, 9.17) is 4.74 Å². The Kier molecular flexibility index (Phi) is 4.72. The van der Waals surface area contributed by atoms with E-state index in [-0.39, 0.29) is 23.6 Å². The molecule has 0 spiro atoms. The number of carbonyl (C=O) groups excluding carboxylic acids is 1. The van der Waals surface area contributed by atoms with Gasteiger partial charge in [-0.05, 0) is 43.9 Å². The van der Waals surface area contributed by atoms with Gasteiger partial charge in [-0.3, -0.25) is 4.79 Å². The van der Waals surface area contributed by atoms with Gasteiger partial charge in [0.05, 0.1) is 18.2 Å². The normalized spacial score (nSPS) is 29.9. The van der Waals surface area contributed by atoms with Crippen LogP contribution in [0, 0.1) is 5.92 Å². The molecule has 1 aromatic rings. The summed E-state index contributed by atoms with van der Waals surface area (Å²) in [6.45, 7) is 4.49. The van der Waals surface area contributed by atoms with E-state index in [2.05, 4.69) is 0 Å². The first-order chi connectivity index (χ1) is 11.5. The van der Waals surface area contributed by atoms with Crippen molar-refractivity contribution >= 4 is 5.91 Å². The van der Waals surface area contributed by atoms with Gasteiger partial charge in [0.15, 0.2) is 11.5 Å². The number of hydrogen-bond acceptors (Lipinski definition) is 4. The van der Waals surface area contributed by atoms with Gasteiger partial charge in [-0.25, -0.2) is 0 Å². The van der Waals surface area contributed by atoms with Gasteiger partial charge in [0, 0.05) is 19.4 Å². The Hall–Kier alpha value is -1.75. The lowest BCUT2D eigenvalue weighted by atomic mass is 9.66. The maximum absolute atomic E-state index is 12.2. The molecule has 5 nitrogen and oxygen atoms in total.